The van der Waals surface area contributed by atoms with Gasteiger partial charge in [-0.05, 0) is 26.3 Å². The average Bonchev–Trinajstić information content (AvgIpc) is 2.94. The Morgan fingerprint density at radius 2 is 2.39 bits per heavy atom. The van der Waals surface area contributed by atoms with Crippen molar-refractivity contribution in [3.8, 4) is 0 Å². The van der Waals surface area contributed by atoms with Crippen molar-refractivity contribution in [3.63, 3.8) is 0 Å². The van der Waals surface area contributed by atoms with Gasteiger partial charge in [0.1, 0.15) is 0 Å². The lowest BCUT2D eigenvalue weighted by atomic mass is 10.1. The maximum absolute atomic E-state index is 5.67. The topological polar surface area (TPSA) is 45.4 Å². The number of hydrogen-bond acceptors (Lipinski definition) is 5. The van der Waals surface area contributed by atoms with E-state index < -0.39 is 0 Å². The second-order valence-electron chi connectivity index (χ2n) is 5.56. The van der Waals surface area contributed by atoms with Crippen LogP contribution in [0.4, 0.5) is 5.13 Å². The highest BCUT2D eigenvalue weighted by molar-refractivity contribution is 7.13. The summed E-state index contributed by atoms with van der Waals surface area (Å²) in [5.74, 6) is 0. The third kappa shape index (κ3) is 2.53. The van der Waals surface area contributed by atoms with E-state index >= 15 is 0 Å². The first-order valence-corrected chi connectivity index (χ1v) is 7.78. The molecule has 3 rings (SSSR count). The Labute approximate surface area is 113 Å². The van der Waals surface area contributed by atoms with Gasteiger partial charge in [0.15, 0.2) is 5.13 Å². The Morgan fingerprint density at radius 1 is 1.50 bits per heavy atom. The van der Waals surface area contributed by atoms with Crippen LogP contribution in [0.5, 0.6) is 0 Å². The molecule has 0 saturated carbocycles. The van der Waals surface area contributed by atoms with Crippen molar-refractivity contribution in [2.45, 2.75) is 38.3 Å². The Bertz CT molecular complexity index is 405. The smallest absolute Gasteiger partial charge is 0.180 e. The molecule has 4 nitrogen and oxygen atoms in total. The first-order valence-electron chi connectivity index (χ1n) is 6.90. The monoisotopic (exact) mass is 266 g/mol. The molecule has 0 aromatic carbocycles. The maximum Gasteiger partial charge on any atom is 0.180 e. The van der Waals surface area contributed by atoms with E-state index in [1.54, 1.807) is 11.3 Å². The molecule has 0 bridgehead atoms. The van der Waals surface area contributed by atoms with E-state index in [4.69, 9.17) is 5.73 Å². The summed E-state index contributed by atoms with van der Waals surface area (Å²) in [6.07, 6.45) is 3.80. The minimum absolute atomic E-state index is 0.676. The summed E-state index contributed by atoms with van der Waals surface area (Å²) >= 11 is 1.55. The molecule has 1 aromatic heterocycles. The standard InChI is InChI=1S/C13H22N4S/c1-10-7-17-5-2-3-12(17)8-16(10)6-4-11-9-18-13(14)15-11/h9-10,12H,2-8H2,1H3,(H2,14,15). The number of thiazole rings is 1. The maximum atomic E-state index is 5.67. The Balaban J connectivity index is 1.55. The zero-order valence-electron chi connectivity index (χ0n) is 11.0. The summed E-state index contributed by atoms with van der Waals surface area (Å²) in [6, 6.07) is 1.48. The molecule has 0 aliphatic carbocycles. The number of nitrogen functional groups attached to an aromatic ring is 1. The van der Waals surface area contributed by atoms with Gasteiger partial charge in [0, 0.05) is 43.5 Å². The number of rotatable bonds is 3. The van der Waals surface area contributed by atoms with Crippen LogP contribution in [0, 0.1) is 0 Å². The lowest BCUT2D eigenvalue weighted by Gasteiger charge is -2.42. The van der Waals surface area contributed by atoms with Crippen LogP contribution in [0.1, 0.15) is 25.5 Å². The molecule has 2 fully saturated rings. The third-order valence-corrected chi connectivity index (χ3v) is 5.01. The summed E-state index contributed by atoms with van der Waals surface area (Å²) in [6.45, 7) is 7.26. The molecule has 100 valence electrons. The molecule has 0 radical (unpaired) electrons. The molecule has 0 amide bonds. The Morgan fingerprint density at radius 3 is 3.17 bits per heavy atom. The van der Waals surface area contributed by atoms with Crippen LogP contribution in [0.15, 0.2) is 5.38 Å². The van der Waals surface area contributed by atoms with E-state index in [1.807, 2.05) is 0 Å². The summed E-state index contributed by atoms with van der Waals surface area (Å²) in [5, 5.41) is 2.78. The normalized spacial score (nSPS) is 29.6. The summed E-state index contributed by atoms with van der Waals surface area (Å²) in [5.41, 5.74) is 6.82. The third-order valence-electron chi connectivity index (χ3n) is 4.29. The molecule has 18 heavy (non-hydrogen) atoms. The number of piperazine rings is 1. The van der Waals surface area contributed by atoms with Crippen LogP contribution in [0.2, 0.25) is 0 Å². The highest BCUT2D eigenvalue weighted by atomic mass is 32.1. The molecule has 2 saturated heterocycles. The van der Waals surface area contributed by atoms with Gasteiger partial charge in [-0.1, -0.05) is 0 Å². The van der Waals surface area contributed by atoms with Crippen LogP contribution in [0.3, 0.4) is 0 Å². The van der Waals surface area contributed by atoms with E-state index in [9.17, 15) is 0 Å². The summed E-state index contributed by atoms with van der Waals surface area (Å²) in [7, 11) is 0. The lowest BCUT2D eigenvalue weighted by Crippen LogP contribution is -2.55. The van der Waals surface area contributed by atoms with Crippen LogP contribution < -0.4 is 5.73 Å². The van der Waals surface area contributed by atoms with Gasteiger partial charge in [-0.15, -0.1) is 11.3 Å². The van der Waals surface area contributed by atoms with Gasteiger partial charge in [0.05, 0.1) is 5.69 Å². The molecule has 2 N–H and O–H groups in total. The van der Waals surface area contributed by atoms with Gasteiger partial charge in [-0.25, -0.2) is 4.98 Å². The quantitative estimate of drug-likeness (QED) is 0.899. The van der Waals surface area contributed by atoms with Gasteiger partial charge >= 0.3 is 0 Å². The van der Waals surface area contributed by atoms with Crippen LogP contribution in [-0.2, 0) is 6.42 Å². The minimum atomic E-state index is 0.676. The van der Waals surface area contributed by atoms with Crippen molar-refractivity contribution in [3.05, 3.63) is 11.1 Å². The summed E-state index contributed by atoms with van der Waals surface area (Å²) in [4.78, 5) is 9.64. The fourth-order valence-corrected chi connectivity index (χ4v) is 3.85. The van der Waals surface area contributed by atoms with Crippen LogP contribution >= 0.6 is 11.3 Å². The average molecular weight is 266 g/mol. The molecule has 5 heteroatoms. The van der Waals surface area contributed by atoms with Crippen molar-refractivity contribution >= 4 is 16.5 Å². The number of aromatic nitrogens is 1. The van der Waals surface area contributed by atoms with Gasteiger partial charge < -0.3 is 5.73 Å². The second-order valence-corrected chi connectivity index (χ2v) is 6.45. The highest BCUT2D eigenvalue weighted by Crippen LogP contribution is 2.24. The van der Waals surface area contributed by atoms with Crippen molar-refractivity contribution < 1.29 is 0 Å². The predicted molar refractivity (Wildman–Crippen MR) is 75.9 cm³/mol. The second kappa shape index (κ2) is 5.15. The molecular formula is C13H22N4S. The fraction of sp³-hybridized carbons (Fsp3) is 0.769. The largest absolute Gasteiger partial charge is 0.375 e. The van der Waals surface area contributed by atoms with E-state index in [1.165, 1.54) is 32.5 Å². The number of fused-ring (bicyclic) bond motifs is 1. The van der Waals surface area contributed by atoms with Gasteiger partial charge in [-0.2, -0.15) is 0 Å². The molecule has 0 spiro atoms. The van der Waals surface area contributed by atoms with Crippen LogP contribution in [0.25, 0.3) is 0 Å². The molecule has 2 aliphatic heterocycles. The van der Waals surface area contributed by atoms with Gasteiger partial charge in [0.25, 0.3) is 0 Å². The van der Waals surface area contributed by atoms with E-state index in [0.29, 0.717) is 11.2 Å². The van der Waals surface area contributed by atoms with Crippen LogP contribution in [-0.4, -0.2) is 53.0 Å². The fourth-order valence-electron chi connectivity index (χ4n) is 3.26. The van der Waals surface area contributed by atoms with Crippen molar-refractivity contribution in [2.75, 3.05) is 31.9 Å². The van der Waals surface area contributed by atoms with Gasteiger partial charge in [0.2, 0.25) is 0 Å². The molecule has 3 heterocycles. The number of hydrogen-bond donors (Lipinski definition) is 1. The highest BCUT2D eigenvalue weighted by Gasteiger charge is 2.33. The summed E-state index contributed by atoms with van der Waals surface area (Å²) < 4.78 is 0. The Hall–Kier alpha value is -0.650. The van der Waals surface area contributed by atoms with E-state index in [-0.39, 0.29) is 0 Å². The number of nitrogens with zero attached hydrogens (tertiary/aromatic N) is 3. The Kier molecular flexibility index (Phi) is 3.54. The van der Waals surface area contributed by atoms with Gasteiger partial charge in [-0.3, -0.25) is 9.80 Å². The van der Waals surface area contributed by atoms with Crippen molar-refractivity contribution in [2.24, 2.45) is 0 Å². The van der Waals surface area contributed by atoms with Crippen molar-refractivity contribution in [1.29, 1.82) is 0 Å². The first-order chi connectivity index (χ1) is 8.72. The van der Waals surface area contributed by atoms with Crippen molar-refractivity contribution in [1.82, 2.24) is 14.8 Å². The number of nitrogens with two attached hydrogens (primary N) is 1. The SMILES string of the molecule is CC1CN2CCCC2CN1CCc1csc(N)n1. The molecule has 2 atom stereocenters. The molecule has 2 unspecified atom stereocenters. The van der Waals surface area contributed by atoms with E-state index in [2.05, 4.69) is 27.1 Å². The first kappa shape index (κ1) is 12.4. The zero-order chi connectivity index (χ0) is 12.5. The lowest BCUT2D eigenvalue weighted by molar-refractivity contribution is 0.0603. The predicted octanol–water partition coefficient (Wildman–Crippen LogP) is 1.44. The van der Waals surface area contributed by atoms with E-state index in [0.717, 1.165) is 24.7 Å². The molecular weight excluding hydrogens is 244 g/mol. The minimum Gasteiger partial charge on any atom is -0.375 e. The zero-order valence-corrected chi connectivity index (χ0v) is 11.8. The molecule has 1 aromatic rings. The molecule has 2 aliphatic rings. The number of anilines is 1.